The number of carbonyl (C=O) groups excluding carboxylic acids is 1. The van der Waals surface area contributed by atoms with Gasteiger partial charge < -0.3 is 5.32 Å². The number of hydrogen-bond acceptors (Lipinski definition) is 1. The van der Waals surface area contributed by atoms with E-state index in [0.29, 0.717) is 6.42 Å². The van der Waals surface area contributed by atoms with Gasteiger partial charge in [-0.1, -0.05) is 13.0 Å². The average molecular weight is 262 g/mol. The fraction of sp³-hybridized carbons (Fsp3) is 0.417. The highest BCUT2D eigenvalue weighted by Gasteiger charge is 2.15. The molecule has 0 aliphatic rings. The summed E-state index contributed by atoms with van der Waals surface area (Å²) in [7, 11) is 0. The van der Waals surface area contributed by atoms with Gasteiger partial charge in [0.05, 0.1) is 6.42 Å². The zero-order chi connectivity index (χ0) is 12.8. The third kappa shape index (κ3) is 3.97. The summed E-state index contributed by atoms with van der Waals surface area (Å²) in [5, 5.41) is 2.62. The van der Waals surface area contributed by atoms with Crippen molar-refractivity contribution in [3.63, 3.8) is 0 Å². The minimum Gasteiger partial charge on any atom is -0.352 e. The minimum absolute atomic E-state index is 0.168. The molecule has 1 N–H and O–H groups in total. The molecule has 0 radical (unpaired) electrons. The lowest BCUT2D eigenvalue weighted by molar-refractivity contribution is -0.121. The summed E-state index contributed by atoms with van der Waals surface area (Å²) in [5.41, 5.74) is -0.213. The van der Waals surface area contributed by atoms with Crippen LogP contribution < -0.4 is 5.32 Å². The van der Waals surface area contributed by atoms with Crippen molar-refractivity contribution in [3.05, 3.63) is 35.4 Å². The third-order valence-electron chi connectivity index (χ3n) is 2.44. The summed E-state index contributed by atoms with van der Waals surface area (Å²) in [6.45, 7) is 1.87. The summed E-state index contributed by atoms with van der Waals surface area (Å²) in [6, 6.07) is 3.36. The molecule has 0 heterocycles. The van der Waals surface area contributed by atoms with Crippen LogP contribution in [0.3, 0.4) is 0 Å². The first-order valence-electron chi connectivity index (χ1n) is 5.36. The molecular weight excluding hydrogens is 248 g/mol. The zero-order valence-electron chi connectivity index (χ0n) is 9.47. The van der Waals surface area contributed by atoms with Crippen LogP contribution in [-0.2, 0) is 11.2 Å². The normalized spacial score (nSPS) is 12.2. The topological polar surface area (TPSA) is 29.1 Å². The van der Waals surface area contributed by atoms with E-state index in [-0.39, 0.29) is 23.9 Å². The number of benzene rings is 1. The lowest BCUT2D eigenvalue weighted by Crippen LogP contribution is -2.36. The molecule has 94 valence electrons. The molecule has 0 fully saturated rings. The van der Waals surface area contributed by atoms with Gasteiger partial charge in [-0.15, -0.1) is 11.6 Å². The van der Waals surface area contributed by atoms with Gasteiger partial charge in [-0.2, -0.15) is 0 Å². The van der Waals surface area contributed by atoms with Crippen molar-refractivity contribution in [3.8, 4) is 0 Å². The van der Waals surface area contributed by atoms with Crippen LogP contribution in [-0.4, -0.2) is 17.8 Å². The van der Waals surface area contributed by atoms with E-state index in [0.717, 1.165) is 12.1 Å². The SMILES string of the molecule is CCC(CCl)NC(=O)Cc1c(F)cccc1F. The third-order valence-corrected chi connectivity index (χ3v) is 2.82. The van der Waals surface area contributed by atoms with Gasteiger partial charge in [0.1, 0.15) is 11.6 Å². The standard InChI is InChI=1S/C12H14ClF2NO/c1-2-8(7-13)16-12(17)6-9-10(14)4-3-5-11(9)15/h3-5,8H,2,6-7H2,1H3,(H,16,17). The fourth-order valence-corrected chi connectivity index (χ4v) is 1.69. The van der Waals surface area contributed by atoms with E-state index in [1.807, 2.05) is 6.92 Å². The number of alkyl halides is 1. The van der Waals surface area contributed by atoms with Crippen molar-refractivity contribution in [1.29, 1.82) is 0 Å². The second kappa shape index (κ2) is 6.55. The molecule has 1 atom stereocenters. The van der Waals surface area contributed by atoms with Gasteiger partial charge in [-0.3, -0.25) is 4.79 Å². The predicted molar refractivity (Wildman–Crippen MR) is 63.0 cm³/mol. The van der Waals surface area contributed by atoms with Crippen LogP contribution in [0.1, 0.15) is 18.9 Å². The first-order chi connectivity index (χ1) is 8.08. The van der Waals surface area contributed by atoms with Gasteiger partial charge >= 0.3 is 0 Å². The lowest BCUT2D eigenvalue weighted by atomic mass is 10.1. The second-order valence-corrected chi connectivity index (χ2v) is 4.01. The first kappa shape index (κ1) is 13.9. The van der Waals surface area contributed by atoms with Crippen LogP contribution in [0.25, 0.3) is 0 Å². The van der Waals surface area contributed by atoms with Crippen LogP contribution in [0.2, 0.25) is 0 Å². The molecule has 0 aromatic heterocycles. The minimum atomic E-state index is -0.709. The number of carbonyl (C=O) groups is 1. The molecule has 5 heteroatoms. The highest BCUT2D eigenvalue weighted by molar-refractivity contribution is 6.18. The number of halogens is 3. The molecule has 0 aliphatic carbocycles. The smallest absolute Gasteiger partial charge is 0.224 e. The molecule has 0 spiro atoms. The Morgan fingerprint density at radius 1 is 1.41 bits per heavy atom. The Balaban J connectivity index is 2.68. The van der Waals surface area contributed by atoms with E-state index in [2.05, 4.69) is 5.32 Å². The van der Waals surface area contributed by atoms with Crippen LogP contribution in [0.4, 0.5) is 8.78 Å². The van der Waals surface area contributed by atoms with Crippen LogP contribution in [0, 0.1) is 11.6 Å². The van der Waals surface area contributed by atoms with Crippen molar-refractivity contribution in [2.45, 2.75) is 25.8 Å². The van der Waals surface area contributed by atoms with Crippen LogP contribution in [0.5, 0.6) is 0 Å². The number of hydrogen-bond donors (Lipinski definition) is 1. The summed E-state index contributed by atoms with van der Waals surface area (Å²) >= 11 is 5.61. The van der Waals surface area contributed by atoms with E-state index in [1.54, 1.807) is 0 Å². The Morgan fingerprint density at radius 2 is 2.00 bits per heavy atom. The molecular formula is C12H14ClF2NO. The van der Waals surface area contributed by atoms with Gasteiger partial charge in [0.15, 0.2) is 0 Å². The molecule has 17 heavy (non-hydrogen) atoms. The Labute approximate surface area is 104 Å². The maximum absolute atomic E-state index is 13.3. The molecule has 1 aromatic carbocycles. The Kier molecular flexibility index (Phi) is 5.35. The Morgan fingerprint density at radius 3 is 2.47 bits per heavy atom. The molecule has 1 rings (SSSR count). The van der Waals surface area contributed by atoms with E-state index in [4.69, 9.17) is 11.6 Å². The van der Waals surface area contributed by atoms with Crippen LogP contribution >= 0.6 is 11.6 Å². The van der Waals surface area contributed by atoms with Gasteiger partial charge in [-0.05, 0) is 18.6 Å². The van der Waals surface area contributed by atoms with Crippen molar-refractivity contribution in [2.75, 3.05) is 5.88 Å². The number of rotatable bonds is 5. The Hall–Kier alpha value is -1.16. The van der Waals surface area contributed by atoms with Crippen molar-refractivity contribution in [2.24, 2.45) is 0 Å². The van der Waals surface area contributed by atoms with E-state index < -0.39 is 17.5 Å². The molecule has 0 aliphatic heterocycles. The largest absolute Gasteiger partial charge is 0.352 e. The predicted octanol–water partition coefficient (Wildman–Crippen LogP) is 2.64. The molecule has 0 saturated heterocycles. The highest BCUT2D eigenvalue weighted by Crippen LogP contribution is 2.12. The second-order valence-electron chi connectivity index (χ2n) is 3.70. The molecule has 2 nitrogen and oxygen atoms in total. The lowest BCUT2D eigenvalue weighted by Gasteiger charge is -2.14. The van der Waals surface area contributed by atoms with E-state index in [1.165, 1.54) is 6.07 Å². The van der Waals surface area contributed by atoms with E-state index >= 15 is 0 Å². The first-order valence-corrected chi connectivity index (χ1v) is 5.90. The van der Waals surface area contributed by atoms with Crippen molar-refractivity contribution in [1.82, 2.24) is 5.32 Å². The van der Waals surface area contributed by atoms with Gasteiger partial charge in [0.2, 0.25) is 5.91 Å². The fourth-order valence-electron chi connectivity index (χ4n) is 1.39. The average Bonchev–Trinajstić information content (AvgIpc) is 2.31. The van der Waals surface area contributed by atoms with E-state index in [9.17, 15) is 13.6 Å². The summed E-state index contributed by atoms with van der Waals surface area (Å²) < 4.78 is 26.5. The number of nitrogens with one attached hydrogen (secondary N) is 1. The molecule has 0 bridgehead atoms. The summed E-state index contributed by atoms with van der Waals surface area (Å²) in [5.74, 6) is -1.57. The molecule has 1 amide bonds. The van der Waals surface area contributed by atoms with Gasteiger partial charge in [0.25, 0.3) is 0 Å². The number of amides is 1. The summed E-state index contributed by atoms with van der Waals surface area (Å²) in [6.07, 6.45) is 0.362. The van der Waals surface area contributed by atoms with Crippen molar-refractivity contribution < 1.29 is 13.6 Å². The zero-order valence-corrected chi connectivity index (χ0v) is 10.2. The molecule has 0 saturated carbocycles. The monoisotopic (exact) mass is 261 g/mol. The van der Waals surface area contributed by atoms with Crippen LogP contribution in [0.15, 0.2) is 18.2 Å². The maximum atomic E-state index is 13.3. The molecule has 1 unspecified atom stereocenters. The van der Waals surface area contributed by atoms with Gasteiger partial charge in [0, 0.05) is 17.5 Å². The quantitative estimate of drug-likeness (QED) is 0.811. The highest BCUT2D eigenvalue weighted by atomic mass is 35.5. The summed E-state index contributed by atoms with van der Waals surface area (Å²) in [4.78, 5) is 11.5. The molecule has 1 aromatic rings. The maximum Gasteiger partial charge on any atom is 0.224 e. The van der Waals surface area contributed by atoms with Crippen molar-refractivity contribution >= 4 is 17.5 Å². The Bertz CT molecular complexity index is 374. The van der Waals surface area contributed by atoms with Gasteiger partial charge in [-0.25, -0.2) is 8.78 Å².